The highest BCUT2D eigenvalue weighted by atomic mass is 19.2. The summed E-state index contributed by atoms with van der Waals surface area (Å²) < 4.78 is 43.4. The van der Waals surface area contributed by atoms with Crippen molar-refractivity contribution in [3.8, 4) is 17.8 Å². The van der Waals surface area contributed by atoms with E-state index in [0.29, 0.717) is 18.5 Å². The summed E-state index contributed by atoms with van der Waals surface area (Å²) in [6.07, 6.45) is 2.98. The number of aromatic nitrogens is 3. The molecule has 0 N–H and O–H groups in total. The monoisotopic (exact) mass is 480 g/mol. The average Bonchev–Trinajstić information content (AvgIpc) is 3.30. The standard InChI is InChI=1S/C24H19F3N6O2/c1-14-6-17(12-30-11-14)33-23(34)18(7-16-8-19(25)21(27)20(26)9-16)22(32(5-3-28)24(33)35)31-4-2-15(10-29)13-31/h6,8-9,11-12,15H,2,4-5,7,13H2,1H3. The predicted molar refractivity (Wildman–Crippen MR) is 119 cm³/mol. The Balaban J connectivity index is 2.02. The molecule has 2 aromatic heterocycles. The fourth-order valence-electron chi connectivity index (χ4n) is 4.28. The molecule has 1 saturated heterocycles. The minimum atomic E-state index is -1.64. The van der Waals surface area contributed by atoms with Crippen LogP contribution in [0.4, 0.5) is 19.0 Å². The highest BCUT2D eigenvalue weighted by Crippen LogP contribution is 2.27. The zero-order valence-corrected chi connectivity index (χ0v) is 18.6. The van der Waals surface area contributed by atoms with Gasteiger partial charge >= 0.3 is 5.69 Å². The molecule has 0 bridgehead atoms. The second-order valence-corrected chi connectivity index (χ2v) is 8.30. The van der Waals surface area contributed by atoms with Gasteiger partial charge in [-0.25, -0.2) is 22.5 Å². The van der Waals surface area contributed by atoms with Gasteiger partial charge in [0, 0.05) is 25.7 Å². The van der Waals surface area contributed by atoms with Crippen LogP contribution in [0, 0.1) is 53.0 Å². The van der Waals surface area contributed by atoms with Crippen LogP contribution in [-0.4, -0.2) is 27.2 Å². The third-order valence-electron chi connectivity index (χ3n) is 5.85. The van der Waals surface area contributed by atoms with Crippen LogP contribution in [0.5, 0.6) is 0 Å². The summed E-state index contributed by atoms with van der Waals surface area (Å²) in [6, 6.07) is 7.19. The van der Waals surface area contributed by atoms with E-state index < -0.39 is 35.2 Å². The summed E-state index contributed by atoms with van der Waals surface area (Å²) in [7, 11) is 0. The molecule has 3 aromatic rings. The number of hydrogen-bond donors (Lipinski definition) is 0. The molecule has 1 aliphatic heterocycles. The van der Waals surface area contributed by atoms with Gasteiger partial charge in [0.05, 0.1) is 35.5 Å². The fraction of sp³-hybridized carbons (Fsp3) is 0.292. The SMILES string of the molecule is Cc1cncc(-n2c(=O)c(Cc3cc(F)c(F)c(F)c3)c(N3CCC(C#N)C3)n(CC#N)c2=O)c1. The molecule has 1 aliphatic rings. The van der Waals surface area contributed by atoms with Crippen LogP contribution < -0.4 is 16.1 Å². The highest BCUT2D eigenvalue weighted by molar-refractivity contribution is 5.52. The van der Waals surface area contributed by atoms with Crippen LogP contribution in [0.25, 0.3) is 5.69 Å². The fourth-order valence-corrected chi connectivity index (χ4v) is 4.28. The molecule has 0 radical (unpaired) electrons. The first-order valence-corrected chi connectivity index (χ1v) is 10.7. The van der Waals surface area contributed by atoms with E-state index in [1.165, 1.54) is 12.4 Å². The first kappa shape index (κ1) is 23.8. The summed E-state index contributed by atoms with van der Waals surface area (Å²) in [5, 5.41) is 18.8. The summed E-state index contributed by atoms with van der Waals surface area (Å²) in [4.78, 5) is 32.9. The molecule has 178 valence electrons. The topological polar surface area (TPSA) is 108 Å². The zero-order valence-electron chi connectivity index (χ0n) is 18.6. The number of aryl methyl sites for hydroxylation is 1. The van der Waals surface area contributed by atoms with E-state index in [-0.39, 0.29) is 41.5 Å². The van der Waals surface area contributed by atoms with Gasteiger partial charge in [0.2, 0.25) is 0 Å². The Morgan fingerprint density at radius 1 is 1.11 bits per heavy atom. The van der Waals surface area contributed by atoms with E-state index >= 15 is 0 Å². The number of pyridine rings is 1. The maximum atomic E-state index is 13.9. The lowest BCUT2D eigenvalue weighted by atomic mass is 10.0. The normalized spacial score (nSPS) is 15.1. The number of hydrogen-bond acceptors (Lipinski definition) is 6. The molecule has 1 unspecified atom stereocenters. The van der Waals surface area contributed by atoms with Crippen LogP contribution in [0.3, 0.4) is 0 Å². The van der Waals surface area contributed by atoms with Gasteiger partial charge in [-0.3, -0.25) is 14.3 Å². The number of nitrogens with zero attached hydrogens (tertiary/aromatic N) is 6. The largest absolute Gasteiger partial charge is 0.356 e. The van der Waals surface area contributed by atoms with Crippen LogP contribution in [0.1, 0.15) is 23.1 Å². The van der Waals surface area contributed by atoms with E-state index in [2.05, 4.69) is 11.1 Å². The van der Waals surface area contributed by atoms with Crippen molar-refractivity contribution >= 4 is 5.82 Å². The predicted octanol–water partition coefficient (Wildman–Crippen LogP) is 2.58. The first-order valence-electron chi connectivity index (χ1n) is 10.7. The highest BCUT2D eigenvalue weighted by Gasteiger charge is 2.30. The Bertz CT molecular complexity index is 1490. The van der Waals surface area contributed by atoms with E-state index in [4.69, 9.17) is 0 Å². The van der Waals surface area contributed by atoms with Crippen molar-refractivity contribution in [2.75, 3.05) is 18.0 Å². The van der Waals surface area contributed by atoms with Crippen molar-refractivity contribution in [1.82, 2.24) is 14.1 Å². The van der Waals surface area contributed by atoms with E-state index in [0.717, 1.165) is 21.3 Å². The molecule has 8 nitrogen and oxygen atoms in total. The van der Waals surface area contributed by atoms with Gasteiger partial charge in [-0.15, -0.1) is 0 Å². The van der Waals surface area contributed by atoms with Crippen LogP contribution >= 0.6 is 0 Å². The molecule has 1 aromatic carbocycles. The maximum Gasteiger partial charge on any atom is 0.338 e. The minimum absolute atomic E-state index is 0.0228. The van der Waals surface area contributed by atoms with Crippen molar-refractivity contribution < 1.29 is 13.2 Å². The number of rotatable bonds is 5. The Kier molecular flexibility index (Phi) is 6.43. The lowest BCUT2D eigenvalue weighted by Gasteiger charge is -2.26. The smallest absolute Gasteiger partial charge is 0.338 e. The van der Waals surface area contributed by atoms with E-state index in [9.17, 15) is 33.3 Å². The molecule has 35 heavy (non-hydrogen) atoms. The minimum Gasteiger partial charge on any atom is -0.356 e. The van der Waals surface area contributed by atoms with Crippen molar-refractivity contribution in [2.24, 2.45) is 5.92 Å². The van der Waals surface area contributed by atoms with Gasteiger partial charge in [-0.05, 0) is 42.7 Å². The Morgan fingerprint density at radius 3 is 2.43 bits per heavy atom. The molecule has 0 saturated carbocycles. The third-order valence-corrected chi connectivity index (χ3v) is 5.85. The molecule has 11 heteroatoms. The third kappa shape index (κ3) is 4.41. The second-order valence-electron chi connectivity index (χ2n) is 8.30. The molecular formula is C24H19F3N6O2. The number of nitriles is 2. The van der Waals surface area contributed by atoms with E-state index in [1.807, 2.05) is 6.07 Å². The lowest BCUT2D eigenvalue weighted by molar-refractivity contribution is 0.445. The number of anilines is 1. The maximum absolute atomic E-state index is 13.9. The zero-order chi connectivity index (χ0) is 25.3. The van der Waals surface area contributed by atoms with Gasteiger partial charge in [0.15, 0.2) is 17.5 Å². The lowest BCUT2D eigenvalue weighted by Crippen LogP contribution is -2.44. The molecule has 0 aliphatic carbocycles. The van der Waals surface area contributed by atoms with Crippen molar-refractivity contribution in [2.45, 2.75) is 26.3 Å². The van der Waals surface area contributed by atoms with Crippen molar-refractivity contribution in [3.05, 3.63) is 85.6 Å². The second kappa shape index (κ2) is 9.47. The Hall–Kier alpha value is -4.38. The van der Waals surface area contributed by atoms with Gasteiger partial charge in [0.1, 0.15) is 12.4 Å². The molecule has 1 atom stereocenters. The van der Waals surface area contributed by atoms with Crippen LogP contribution in [-0.2, 0) is 13.0 Å². The quantitative estimate of drug-likeness (QED) is 0.520. The summed E-state index contributed by atoms with van der Waals surface area (Å²) in [5.74, 6) is -4.73. The van der Waals surface area contributed by atoms with E-state index in [1.54, 1.807) is 17.9 Å². The van der Waals surface area contributed by atoms with Gasteiger partial charge < -0.3 is 4.90 Å². The van der Waals surface area contributed by atoms with Crippen LogP contribution in [0.15, 0.2) is 40.2 Å². The molecule has 1 fully saturated rings. The van der Waals surface area contributed by atoms with Gasteiger partial charge in [-0.1, -0.05) is 0 Å². The number of benzene rings is 1. The van der Waals surface area contributed by atoms with Crippen molar-refractivity contribution in [3.63, 3.8) is 0 Å². The summed E-state index contributed by atoms with van der Waals surface area (Å²) in [6.45, 7) is 1.84. The van der Waals surface area contributed by atoms with Crippen molar-refractivity contribution in [1.29, 1.82) is 10.5 Å². The Morgan fingerprint density at radius 2 is 1.83 bits per heavy atom. The summed E-state index contributed by atoms with van der Waals surface area (Å²) in [5.41, 5.74) is -0.786. The number of halogens is 3. The van der Waals surface area contributed by atoms with Gasteiger partial charge in [-0.2, -0.15) is 10.5 Å². The Labute approximate surface area is 197 Å². The molecule has 0 spiro atoms. The molecule has 3 heterocycles. The van der Waals surface area contributed by atoms with Gasteiger partial charge in [0.25, 0.3) is 5.56 Å². The first-order chi connectivity index (χ1) is 16.7. The molecule has 4 rings (SSSR count). The summed E-state index contributed by atoms with van der Waals surface area (Å²) >= 11 is 0. The average molecular weight is 480 g/mol. The van der Waals surface area contributed by atoms with Crippen LogP contribution in [0.2, 0.25) is 0 Å². The molecular weight excluding hydrogens is 461 g/mol. The molecule has 0 amide bonds.